The molecule has 2 heterocycles. The van der Waals surface area contributed by atoms with Crippen molar-refractivity contribution < 1.29 is 4.92 Å². The molecule has 0 fully saturated rings. The van der Waals surface area contributed by atoms with Crippen LogP contribution in [0, 0.1) is 30.9 Å². The zero-order valence-corrected chi connectivity index (χ0v) is 17.1. The number of hydrogen-bond donors (Lipinski definition) is 1. The summed E-state index contributed by atoms with van der Waals surface area (Å²) in [6.45, 7) is 6.14. The molecule has 0 bridgehead atoms. The third kappa shape index (κ3) is 3.56. The summed E-state index contributed by atoms with van der Waals surface area (Å²) in [6, 6.07) is 12.5. The van der Waals surface area contributed by atoms with Gasteiger partial charge in [0.1, 0.15) is 10.7 Å². The van der Waals surface area contributed by atoms with Gasteiger partial charge in [-0.25, -0.2) is 4.98 Å². The smallest absolute Gasteiger partial charge is 0.269 e. The van der Waals surface area contributed by atoms with Gasteiger partial charge in [-0.1, -0.05) is 30.3 Å². The van der Waals surface area contributed by atoms with Crippen molar-refractivity contribution in [1.29, 1.82) is 0 Å². The second kappa shape index (κ2) is 7.25. The lowest BCUT2D eigenvalue weighted by Gasteiger charge is -2.06. The number of nitro benzene ring substituents is 1. The molecule has 0 radical (unpaired) electrons. The van der Waals surface area contributed by atoms with E-state index in [1.807, 2.05) is 13.0 Å². The molecule has 0 aliphatic heterocycles. The number of thiophene rings is 1. The standard InChI is InChI=1S/C22H19N3O3S/c1-12-4-7-16(10-13(12)2)19-14(3)29-22-20(19)21(26)23-18(24-22)11-15-5-8-17(9-6-15)25(27)28/h4-10H,11H2,1-3H3,(H,23,24,26). The predicted octanol–water partition coefficient (Wildman–Crippen LogP) is 5.08. The van der Waals surface area contributed by atoms with Crippen LogP contribution in [0.5, 0.6) is 0 Å². The lowest BCUT2D eigenvalue weighted by molar-refractivity contribution is -0.384. The number of aromatic amines is 1. The fraction of sp³-hybridized carbons (Fsp3) is 0.182. The monoisotopic (exact) mass is 405 g/mol. The molecule has 2 aromatic carbocycles. The highest BCUT2D eigenvalue weighted by Crippen LogP contribution is 2.36. The first-order valence-corrected chi connectivity index (χ1v) is 9.98. The van der Waals surface area contributed by atoms with Crippen molar-refractivity contribution in [3.63, 3.8) is 0 Å². The number of aryl methyl sites for hydroxylation is 3. The maximum Gasteiger partial charge on any atom is 0.269 e. The molecule has 0 aliphatic rings. The molecule has 0 unspecified atom stereocenters. The Morgan fingerprint density at radius 3 is 2.45 bits per heavy atom. The summed E-state index contributed by atoms with van der Waals surface area (Å²) in [5, 5.41) is 11.4. The average Bonchev–Trinajstić information content (AvgIpc) is 3.01. The van der Waals surface area contributed by atoms with Gasteiger partial charge in [-0.2, -0.15) is 0 Å². The highest BCUT2D eigenvalue weighted by Gasteiger charge is 2.17. The summed E-state index contributed by atoms with van der Waals surface area (Å²) in [5.41, 5.74) is 5.07. The van der Waals surface area contributed by atoms with Crippen molar-refractivity contribution >= 4 is 27.2 Å². The quantitative estimate of drug-likeness (QED) is 0.379. The largest absolute Gasteiger partial charge is 0.310 e. The molecule has 1 N–H and O–H groups in total. The molecular formula is C22H19N3O3S. The molecule has 6 nitrogen and oxygen atoms in total. The van der Waals surface area contributed by atoms with E-state index in [4.69, 9.17) is 0 Å². The molecule has 0 saturated heterocycles. The van der Waals surface area contributed by atoms with Gasteiger partial charge >= 0.3 is 0 Å². The van der Waals surface area contributed by atoms with E-state index in [-0.39, 0.29) is 11.2 Å². The van der Waals surface area contributed by atoms with Crippen LogP contribution in [-0.2, 0) is 6.42 Å². The Labute approximate surface area is 171 Å². The molecule has 4 rings (SSSR count). The van der Waals surface area contributed by atoms with E-state index in [1.165, 1.54) is 34.6 Å². The van der Waals surface area contributed by atoms with E-state index >= 15 is 0 Å². The number of rotatable bonds is 4. The van der Waals surface area contributed by atoms with Crippen molar-refractivity contribution in [2.45, 2.75) is 27.2 Å². The number of benzene rings is 2. The number of H-pyrrole nitrogens is 1. The molecule has 0 spiro atoms. The van der Waals surface area contributed by atoms with Crippen LogP contribution in [0.15, 0.2) is 47.3 Å². The van der Waals surface area contributed by atoms with E-state index in [0.29, 0.717) is 22.5 Å². The number of non-ortho nitro benzene ring substituents is 1. The lowest BCUT2D eigenvalue weighted by atomic mass is 9.99. The average molecular weight is 405 g/mol. The minimum atomic E-state index is -0.432. The van der Waals surface area contributed by atoms with E-state index in [2.05, 4.69) is 35.9 Å². The Morgan fingerprint density at radius 1 is 1.07 bits per heavy atom. The van der Waals surface area contributed by atoms with Gasteiger partial charge in [0.25, 0.3) is 11.2 Å². The number of nitro groups is 1. The number of fused-ring (bicyclic) bond motifs is 1. The van der Waals surface area contributed by atoms with E-state index in [1.54, 1.807) is 12.1 Å². The van der Waals surface area contributed by atoms with Gasteiger partial charge in [-0.05, 0) is 43.0 Å². The third-order valence-corrected chi connectivity index (χ3v) is 6.10. The highest BCUT2D eigenvalue weighted by atomic mass is 32.1. The number of aromatic nitrogens is 2. The molecule has 4 aromatic rings. The van der Waals surface area contributed by atoms with Gasteiger partial charge in [-0.3, -0.25) is 14.9 Å². The maximum atomic E-state index is 12.9. The molecule has 146 valence electrons. The Hall–Kier alpha value is -3.32. The minimum absolute atomic E-state index is 0.0394. The first-order chi connectivity index (χ1) is 13.8. The van der Waals surface area contributed by atoms with E-state index < -0.39 is 4.92 Å². The van der Waals surface area contributed by atoms with Crippen LogP contribution >= 0.6 is 11.3 Å². The van der Waals surface area contributed by atoms with Crippen LogP contribution in [0.1, 0.15) is 27.4 Å². The summed E-state index contributed by atoms with van der Waals surface area (Å²) >= 11 is 1.51. The van der Waals surface area contributed by atoms with Gasteiger partial charge < -0.3 is 4.98 Å². The number of hydrogen-bond acceptors (Lipinski definition) is 5. The Bertz CT molecular complexity index is 1300. The van der Waals surface area contributed by atoms with Crippen LogP contribution in [-0.4, -0.2) is 14.9 Å². The van der Waals surface area contributed by atoms with Crippen LogP contribution in [0.4, 0.5) is 5.69 Å². The van der Waals surface area contributed by atoms with Gasteiger partial charge in [0, 0.05) is 29.0 Å². The van der Waals surface area contributed by atoms with Crippen molar-refractivity contribution in [2.75, 3.05) is 0 Å². The number of nitrogens with one attached hydrogen (secondary N) is 1. The summed E-state index contributed by atoms with van der Waals surface area (Å²) in [7, 11) is 0. The number of nitrogens with zero attached hydrogens (tertiary/aromatic N) is 2. The van der Waals surface area contributed by atoms with Gasteiger partial charge in [0.05, 0.1) is 10.3 Å². The molecule has 0 amide bonds. The van der Waals surface area contributed by atoms with Crippen LogP contribution < -0.4 is 5.56 Å². The predicted molar refractivity (Wildman–Crippen MR) is 116 cm³/mol. The molecule has 0 atom stereocenters. The lowest BCUT2D eigenvalue weighted by Crippen LogP contribution is -2.11. The Kier molecular flexibility index (Phi) is 4.76. The molecule has 2 aromatic heterocycles. The zero-order valence-electron chi connectivity index (χ0n) is 16.3. The third-order valence-electron chi connectivity index (χ3n) is 5.10. The SMILES string of the molecule is Cc1ccc(-c2c(C)sc3nc(Cc4ccc([N+](=O)[O-])cc4)[nH]c(=O)c23)cc1C. The van der Waals surface area contributed by atoms with Crippen LogP contribution in [0.25, 0.3) is 21.3 Å². The fourth-order valence-electron chi connectivity index (χ4n) is 3.42. The van der Waals surface area contributed by atoms with Gasteiger partial charge in [0.2, 0.25) is 0 Å². The molecule has 0 aliphatic carbocycles. The van der Waals surface area contributed by atoms with E-state index in [9.17, 15) is 14.9 Å². The molecule has 29 heavy (non-hydrogen) atoms. The van der Waals surface area contributed by atoms with Gasteiger partial charge in [-0.15, -0.1) is 11.3 Å². The topological polar surface area (TPSA) is 88.9 Å². The first kappa shape index (κ1) is 19.0. The second-order valence-corrected chi connectivity index (χ2v) is 8.33. The first-order valence-electron chi connectivity index (χ1n) is 9.16. The van der Waals surface area contributed by atoms with Crippen molar-refractivity contribution in [1.82, 2.24) is 9.97 Å². The summed E-state index contributed by atoms with van der Waals surface area (Å²) in [5.74, 6) is 0.546. The van der Waals surface area contributed by atoms with Crippen molar-refractivity contribution in [3.05, 3.63) is 90.3 Å². The summed E-state index contributed by atoms with van der Waals surface area (Å²) in [4.78, 5) is 32.6. The van der Waals surface area contributed by atoms with Crippen LogP contribution in [0.2, 0.25) is 0 Å². The normalized spacial score (nSPS) is 11.1. The minimum Gasteiger partial charge on any atom is -0.310 e. The van der Waals surface area contributed by atoms with Crippen molar-refractivity contribution in [2.24, 2.45) is 0 Å². The van der Waals surface area contributed by atoms with Gasteiger partial charge in [0.15, 0.2) is 0 Å². The Morgan fingerprint density at radius 2 is 1.79 bits per heavy atom. The fourth-order valence-corrected chi connectivity index (χ4v) is 4.49. The van der Waals surface area contributed by atoms with Crippen molar-refractivity contribution in [3.8, 4) is 11.1 Å². The summed E-state index contributed by atoms with van der Waals surface area (Å²) < 4.78 is 0. The Balaban J connectivity index is 1.76. The molecule has 7 heteroatoms. The second-order valence-electron chi connectivity index (χ2n) is 7.13. The summed E-state index contributed by atoms with van der Waals surface area (Å²) in [6.07, 6.45) is 0.402. The molecular weight excluding hydrogens is 386 g/mol. The maximum absolute atomic E-state index is 12.9. The van der Waals surface area contributed by atoms with Crippen LogP contribution in [0.3, 0.4) is 0 Å². The molecule has 0 saturated carbocycles. The highest BCUT2D eigenvalue weighted by molar-refractivity contribution is 7.19. The van der Waals surface area contributed by atoms with E-state index in [0.717, 1.165) is 21.6 Å². The zero-order chi connectivity index (χ0) is 20.7.